The van der Waals surface area contributed by atoms with Gasteiger partial charge in [-0.25, -0.2) is 15.1 Å². The molecule has 39 heavy (non-hydrogen) atoms. The second kappa shape index (κ2) is 10.1. The Morgan fingerprint density at radius 1 is 1.00 bits per heavy atom. The van der Waals surface area contributed by atoms with Gasteiger partial charge in [0.15, 0.2) is 0 Å². The standard InChI is InChI=1S/C23H23F6N7O3/c24-22(25,26)13-9-30-21(31-10-13)36-5-2-15-16(36)1-4-35(15)18(37)3-7-39-8-6-34-12-14(23(27,28)29)19-17(34)11-32-33-20(19)38/h9-12,15-16H,1-8H2,(H,33,38)/t15-,16-/m1/s1. The molecule has 16 heteroatoms. The highest BCUT2D eigenvalue weighted by Gasteiger charge is 2.45. The largest absolute Gasteiger partial charge is 0.419 e. The van der Waals surface area contributed by atoms with E-state index in [0.29, 0.717) is 25.9 Å². The number of aromatic amines is 1. The van der Waals surface area contributed by atoms with Crippen molar-refractivity contribution in [3.05, 3.63) is 46.3 Å². The Kier molecular flexibility index (Phi) is 6.99. The number of ether oxygens (including phenoxy) is 1. The smallest absolute Gasteiger partial charge is 0.379 e. The van der Waals surface area contributed by atoms with Crippen molar-refractivity contribution in [2.24, 2.45) is 0 Å². The zero-order valence-corrected chi connectivity index (χ0v) is 20.3. The molecular formula is C23H23F6N7O3. The van der Waals surface area contributed by atoms with Crippen LogP contribution in [0.4, 0.5) is 32.3 Å². The van der Waals surface area contributed by atoms with Crippen LogP contribution in [0, 0.1) is 0 Å². The molecule has 2 saturated heterocycles. The minimum absolute atomic E-state index is 0.00620. The van der Waals surface area contributed by atoms with E-state index in [4.69, 9.17) is 4.74 Å². The summed E-state index contributed by atoms with van der Waals surface area (Å²) in [4.78, 5) is 36.1. The fraction of sp³-hybridized carbons (Fsp3) is 0.522. The molecular weight excluding hydrogens is 536 g/mol. The van der Waals surface area contributed by atoms with Crippen LogP contribution in [-0.2, 0) is 28.4 Å². The highest BCUT2D eigenvalue weighted by Crippen LogP contribution is 2.36. The van der Waals surface area contributed by atoms with Crippen molar-refractivity contribution in [3.63, 3.8) is 0 Å². The lowest BCUT2D eigenvalue weighted by molar-refractivity contribution is -0.138. The number of halogens is 6. The van der Waals surface area contributed by atoms with Gasteiger partial charge in [-0.05, 0) is 12.8 Å². The number of H-pyrrole nitrogens is 1. The van der Waals surface area contributed by atoms with Crippen LogP contribution in [0.25, 0.3) is 10.9 Å². The fourth-order valence-corrected chi connectivity index (χ4v) is 5.28. The number of hydrogen-bond donors (Lipinski definition) is 1. The van der Waals surface area contributed by atoms with Crippen LogP contribution < -0.4 is 10.5 Å². The van der Waals surface area contributed by atoms with Crippen molar-refractivity contribution >= 4 is 22.8 Å². The SMILES string of the molecule is O=C(CCOCCn1cc(C(F)(F)F)c2c(=O)[nH]ncc21)N1CC[C@@H]2[C@H]1CCN2c1ncc(C(F)(F)F)cn1. The highest BCUT2D eigenvalue weighted by atomic mass is 19.4. The van der Waals surface area contributed by atoms with E-state index in [1.165, 1.54) is 4.57 Å². The normalized spacial score (nSPS) is 19.7. The van der Waals surface area contributed by atoms with Crippen molar-refractivity contribution in [2.75, 3.05) is 31.2 Å². The van der Waals surface area contributed by atoms with E-state index in [1.54, 1.807) is 4.90 Å². The minimum Gasteiger partial charge on any atom is -0.379 e. The van der Waals surface area contributed by atoms with E-state index in [9.17, 15) is 35.9 Å². The molecule has 3 aromatic rings. The summed E-state index contributed by atoms with van der Waals surface area (Å²) in [7, 11) is 0. The number of carbonyl (C=O) groups excluding carboxylic acids is 1. The maximum Gasteiger partial charge on any atom is 0.419 e. The Morgan fingerprint density at radius 3 is 2.41 bits per heavy atom. The first-order chi connectivity index (χ1) is 18.4. The molecule has 0 saturated carbocycles. The van der Waals surface area contributed by atoms with E-state index in [0.717, 1.165) is 24.8 Å². The number of nitrogens with one attached hydrogen (secondary N) is 1. The second-order valence-corrected chi connectivity index (χ2v) is 9.32. The quantitative estimate of drug-likeness (QED) is 0.350. The molecule has 2 aliphatic rings. The highest BCUT2D eigenvalue weighted by molar-refractivity contribution is 5.82. The predicted octanol–water partition coefficient (Wildman–Crippen LogP) is 2.84. The van der Waals surface area contributed by atoms with Gasteiger partial charge in [0, 0.05) is 38.2 Å². The molecule has 210 valence electrons. The minimum atomic E-state index is -4.72. The molecule has 0 spiro atoms. The Balaban J connectivity index is 1.13. The number of alkyl halides is 6. The average Bonchev–Trinajstić information content (AvgIpc) is 3.57. The van der Waals surface area contributed by atoms with E-state index < -0.39 is 34.4 Å². The van der Waals surface area contributed by atoms with Crippen LogP contribution in [0.1, 0.15) is 30.4 Å². The molecule has 2 aliphatic heterocycles. The summed E-state index contributed by atoms with van der Waals surface area (Å²) in [6, 6.07) is -0.228. The van der Waals surface area contributed by atoms with Gasteiger partial charge in [-0.3, -0.25) is 9.59 Å². The van der Waals surface area contributed by atoms with Crippen LogP contribution >= 0.6 is 0 Å². The first-order valence-electron chi connectivity index (χ1n) is 12.1. The van der Waals surface area contributed by atoms with Crippen LogP contribution in [0.2, 0.25) is 0 Å². The third-order valence-electron chi connectivity index (χ3n) is 7.06. The number of likely N-dealkylation sites (tertiary alicyclic amines) is 1. The van der Waals surface area contributed by atoms with Crippen LogP contribution in [0.15, 0.2) is 29.6 Å². The van der Waals surface area contributed by atoms with Gasteiger partial charge in [0.05, 0.1) is 59.9 Å². The third kappa shape index (κ3) is 5.29. The van der Waals surface area contributed by atoms with Crippen LogP contribution in [0.3, 0.4) is 0 Å². The summed E-state index contributed by atoms with van der Waals surface area (Å²) < 4.78 is 85.2. The molecule has 0 radical (unpaired) electrons. The van der Waals surface area contributed by atoms with Gasteiger partial charge in [0.2, 0.25) is 11.9 Å². The summed E-state index contributed by atoms with van der Waals surface area (Å²) in [6.45, 7) is 1.04. The van der Waals surface area contributed by atoms with Crippen LogP contribution in [0.5, 0.6) is 0 Å². The van der Waals surface area contributed by atoms with E-state index in [-0.39, 0.29) is 55.6 Å². The summed E-state index contributed by atoms with van der Waals surface area (Å²) in [6.07, 6.45) is -4.46. The molecule has 10 nitrogen and oxygen atoms in total. The Labute approximate surface area is 216 Å². The average molecular weight is 559 g/mol. The monoisotopic (exact) mass is 559 g/mol. The van der Waals surface area contributed by atoms with Gasteiger partial charge in [0.1, 0.15) is 0 Å². The first kappa shape index (κ1) is 26.9. The van der Waals surface area contributed by atoms with Crippen LogP contribution in [-0.4, -0.2) is 73.9 Å². The number of carbonyl (C=O) groups is 1. The number of rotatable bonds is 7. The zero-order chi connectivity index (χ0) is 27.9. The van der Waals surface area contributed by atoms with E-state index in [2.05, 4.69) is 15.1 Å². The van der Waals surface area contributed by atoms with Gasteiger partial charge in [0.25, 0.3) is 5.56 Å². The molecule has 2 atom stereocenters. The van der Waals surface area contributed by atoms with Crippen molar-refractivity contribution in [1.82, 2.24) is 29.6 Å². The Morgan fingerprint density at radius 2 is 1.72 bits per heavy atom. The number of aromatic nitrogens is 5. The predicted molar refractivity (Wildman–Crippen MR) is 124 cm³/mol. The van der Waals surface area contributed by atoms with Gasteiger partial charge in [-0.15, -0.1) is 0 Å². The van der Waals surface area contributed by atoms with Gasteiger partial charge < -0.3 is 19.1 Å². The maximum absolute atomic E-state index is 13.4. The van der Waals surface area contributed by atoms with Gasteiger partial charge in [-0.1, -0.05) is 0 Å². The number of nitrogens with zero attached hydrogens (tertiary/aromatic N) is 6. The molecule has 0 bridgehead atoms. The van der Waals surface area contributed by atoms with E-state index in [1.807, 2.05) is 10.00 Å². The van der Waals surface area contributed by atoms with Crippen molar-refractivity contribution in [2.45, 2.75) is 50.2 Å². The summed E-state index contributed by atoms with van der Waals surface area (Å²) in [5.74, 6) is 0.0377. The molecule has 1 N–H and O–H groups in total. The lowest BCUT2D eigenvalue weighted by Crippen LogP contribution is -2.40. The summed E-state index contributed by atoms with van der Waals surface area (Å²) in [5, 5.41) is 5.08. The molecule has 0 aromatic carbocycles. The van der Waals surface area contributed by atoms with Gasteiger partial charge >= 0.3 is 12.4 Å². The van der Waals surface area contributed by atoms with E-state index >= 15 is 0 Å². The molecule has 5 rings (SSSR count). The van der Waals surface area contributed by atoms with Crippen molar-refractivity contribution < 1.29 is 35.9 Å². The van der Waals surface area contributed by atoms with Gasteiger partial charge in [-0.2, -0.15) is 31.4 Å². The Bertz CT molecular complexity index is 1400. The second-order valence-electron chi connectivity index (χ2n) is 9.32. The topological polar surface area (TPSA) is 109 Å². The molecule has 0 aliphatic carbocycles. The number of anilines is 1. The number of fused-ring (bicyclic) bond motifs is 2. The molecule has 5 heterocycles. The number of hydrogen-bond acceptors (Lipinski definition) is 7. The maximum atomic E-state index is 13.4. The lowest BCUT2D eigenvalue weighted by Gasteiger charge is -2.25. The first-order valence-corrected chi connectivity index (χ1v) is 12.1. The molecule has 1 amide bonds. The summed E-state index contributed by atoms with van der Waals surface area (Å²) in [5.41, 5.74) is -2.91. The lowest BCUT2D eigenvalue weighted by atomic mass is 10.1. The van der Waals surface area contributed by atoms with Crippen molar-refractivity contribution in [3.8, 4) is 0 Å². The summed E-state index contributed by atoms with van der Waals surface area (Å²) >= 11 is 0. The fourth-order valence-electron chi connectivity index (χ4n) is 5.28. The third-order valence-corrected chi connectivity index (χ3v) is 7.06. The molecule has 3 aromatic heterocycles. The Hall–Kier alpha value is -3.69. The zero-order valence-electron chi connectivity index (χ0n) is 20.3. The van der Waals surface area contributed by atoms with Crippen molar-refractivity contribution in [1.29, 1.82) is 0 Å². The number of amides is 1. The molecule has 0 unspecified atom stereocenters. The molecule has 2 fully saturated rings.